The van der Waals surface area contributed by atoms with Crippen molar-refractivity contribution in [1.29, 1.82) is 0 Å². The fourth-order valence-electron chi connectivity index (χ4n) is 1.03. The minimum Gasteiger partial charge on any atom is -0.395 e. The molecule has 0 radical (unpaired) electrons. The lowest BCUT2D eigenvalue weighted by molar-refractivity contribution is 0.305. The molecule has 0 aliphatic carbocycles. The summed E-state index contributed by atoms with van der Waals surface area (Å²) in [5.41, 5.74) is 0.332. The van der Waals surface area contributed by atoms with Gasteiger partial charge in [-0.1, -0.05) is 11.8 Å². The summed E-state index contributed by atoms with van der Waals surface area (Å²) in [5, 5.41) is 13.3. The van der Waals surface area contributed by atoms with Crippen LogP contribution in [0.15, 0.2) is 23.1 Å². The van der Waals surface area contributed by atoms with Gasteiger partial charge in [0.2, 0.25) is 10.0 Å². The molecule has 3 N–H and O–H groups in total. The van der Waals surface area contributed by atoms with E-state index in [2.05, 4.69) is 11.8 Å². The van der Waals surface area contributed by atoms with Crippen LogP contribution in [0.4, 0.5) is 4.39 Å². The molecule has 0 fully saturated rings. The van der Waals surface area contributed by atoms with Crippen LogP contribution in [0.5, 0.6) is 0 Å². The SMILES string of the molecule is NS(=O)(=O)c1ccc(C#CCCO)cc1F. The molecule has 0 spiro atoms. The maximum atomic E-state index is 13.3. The van der Waals surface area contributed by atoms with Gasteiger partial charge in [0.1, 0.15) is 10.7 Å². The summed E-state index contributed by atoms with van der Waals surface area (Å²) in [5.74, 6) is 4.24. The smallest absolute Gasteiger partial charge is 0.240 e. The highest BCUT2D eigenvalue weighted by molar-refractivity contribution is 7.89. The van der Waals surface area contributed by atoms with E-state index in [-0.39, 0.29) is 13.0 Å². The number of sulfonamides is 1. The normalized spacial score (nSPS) is 10.7. The van der Waals surface area contributed by atoms with Gasteiger partial charge < -0.3 is 5.11 Å². The van der Waals surface area contributed by atoms with Crippen LogP contribution in [0.2, 0.25) is 0 Å². The number of aliphatic hydroxyl groups is 1. The highest BCUT2D eigenvalue weighted by atomic mass is 32.2. The maximum Gasteiger partial charge on any atom is 0.240 e. The van der Waals surface area contributed by atoms with Crippen LogP contribution in [-0.2, 0) is 10.0 Å². The van der Waals surface area contributed by atoms with Crippen molar-refractivity contribution < 1.29 is 17.9 Å². The minimum atomic E-state index is -4.04. The molecule has 0 heterocycles. The lowest BCUT2D eigenvalue weighted by Gasteiger charge is -1.99. The summed E-state index contributed by atoms with van der Waals surface area (Å²) >= 11 is 0. The van der Waals surface area contributed by atoms with E-state index in [4.69, 9.17) is 10.2 Å². The molecular weight excluding hydrogens is 233 g/mol. The molecule has 0 bridgehead atoms. The van der Waals surface area contributed by atoms with Crippen molar-refractivity contribution in [3.63, 3.8) is 0 Å². The summed E-state index contributed by atoms with van der Waals surface area (Å²) in [6, 6.07) is 3.41. The van der Waals surface area contributed by atoms with E-state index >= 15 is 0 Å². The van der Waals surface area contributed by atoms with Crippen LogP contribution in [0.1, 0.15) is 12.0 Å². The zero-order chi connectivity index (χ0) is 12.2. The fourth-order valence-corrected chi connectivity index (χ4v) is 1.62. The Morgan fingerprint density at radius 1 is 1.44 bits per heavy atom. The summed E-state index contributed by atoms with van der Waals surface area (Å²) in [6.45, 7) is -0.0786. The van der Waals surface area contributed by atoms with Crippen molar-refractivity contribution in [2.45, 2.75) is 11.3 Å². The van der Waals surface area contributed by atoms with E-state index in [9.17, 15) is 12.8 Å². The number of rotatable bonds is 2. The van der Waals surface area contributed by atoms with Crippen molar-refractivity contribution in [2.75, 3.05) is 6.61 Å². The lowest BCUT2D eigenvalue weighted by atomic mass is 10.2. The largest absolute Gasteiger partial charge is 0.395 e. The van der Waals surface area contributed by atoms with Gasteiger partial charge >= 0.3 is 0 Å². The molecule has 0 aromatic heterocycles. The summed E-state index contributed by atoms with van der Waals surface area (Å²) in [7, 11) is -4.04. The van der Waals surface area contributed by atoms with E-state index in [0.717, 1.165) is 12.1 Å². The Morgan fingerprint density at radius 2 is 2.12 bits per heavy atom. The maximum absolute atomic E-state index is 13.3. The second-order valence-corrected chi connectivity index (χ2v) is 4.50. The summed E-state index contributed by atoms with van der Waals surface area (Å²) in [6.07, 6.45) is 0.276. The van der Waals surface area contributed by atoms with Gasteiger partial charge in [0, 0.05) is 12.0 Å². The highest BCUT2D eigenvalue weighted by Gasteiger charge is 2.13. The van der Waals surface area contributed by atoms with Gasteiger partial charge in [-0.15, -0.1) is 0 Å². The number of hydrogen-bond donors (Lipinski definition) is 2. The quantitative estimate of drug-likeness (QED) is 0.728. The number of aliphatic hydroxyl groups excluding tert-OH is 1. The van der Waals surface area contributed by atoms with Crippen molar-refractivity contribution in [3.8, 4) is 11.8 Å². The first-order valence-electron chi connectivity index (χ1n) is 4.37. The molecule has 1 rings (SSSR count). The third-order valence-electron chi connectivity index (χ3n) is 1.71. The molecule has 0 saturated carbocycles. The molecule has 0 aliphatic heterocycles. The van der Waals surface area contributed by atoms with Crippen LogP contribution in [-0.4, -0.2) is 20.1 Å². The summed E-state index contributed by atoms with van der Waals surface area (Å²) in [4.78, 5) is -0.555. The van der Waals surface area contributed by atoms with Gasteiger partial charge in [0.05, 0.1) is 6.61 Å². The Morgan fingerprint density at radius 3 is 2.62 bits per heavy atom. The molecule has 0 amide bonds. The van der Waals surface area contributed by atoms with E-state index in [1.807, 2.05) is 0 Å². The third-order valence-corrected chi connectivity index (χ3v) is 2.65. The van der Waals surface area contributed by atoms with E-state index in [0.29, 0.717) is 5.56 Å². The van der Waals surface area contributed by atoms with E-state index < -0.39 is 20.7 Å². The van der Waals surface area contributed by atoms with Crippen LogP contribution in [0.3, 0.4) is 0 Å². The molecule has 0 saturated heterocycles. The summed E-state index contributed by atoms with van der Waals surface area (Å²) < 4.78 is 35.1. The first-order chi connectivity index (χ1) is 7.45. The molecule has 4 nitrogen and oxygen atoms in total. The van der Waals surface area contributed by atoms with Crippen LogP contribution < -0.4 is 5.14 Å². The monoisotopic (exact) mass is 243 g/mol. The topological polar surface area (TPSA) is 80.4 Å². The van der Waals surface area contributed by atoms with Crippen LogP contribution >= 0.6 is 0 Å². The Balaban J connectivity index is 3.07. The molecule has 0 atom stereocenters. The number of halogens is 1. The number of nitrogens with two attached hydrogens (primary N) is 1. The van der Waals surface area contributed by atoms with Gasteiger partial charge in [0.15, 0.2) is 0 Å². The van der Waals surface area contributed by atoms with Gasteiger partial charge in [-0.3, -0.25) is 0 Å². The molecular formula is C10H10FNO3S. The Kier molecular flexibility index (Phi) is 4.01. The molecule has 0 aliphatic rings. The standard InChI is InChI=1S/C10H10FNO3S/c11-9-7-8(3-1-2-6-13)4-5-10(9)16(12,14)15/h4-5,7,13H,2,6H2,(H2,12,14,15). The Labute approximate surface area is 93.0 Å². The average Bonchev–Trinajstić information content (AvgIpc) is 2.16. The first kappa shape index (κ1) is 12.6. The second-order valence-electron chi connectivity index (χ2n) is 2.97. The third kappa shape index (κ3) is 3.31. The molecule has 1 aromatic carbocycles. The van der Waals surface area contributed by atoms with Gasteiger partial charge in [-0.05, 0) is 18.2 Å². The van der Waals surface area contributed by atoms with Gasteiger partial charge in [0.25, 0.3) is 0 Å². The van der Waals surface area contributed by atoms with Crippen LogP contribution in [0.25, 0.3) is 0 Å². The Bertz CT molecular complexity index is 543. The molecule has 6 heteroatoms. The molecule has 16 heavy (non-hydrogen) atoms. The first-order valence-corrected chi connectivity index (χ1v) is 5.92. The second kappa shape index (κ2) is 5.07. The van der Waals surface area contributed by atoms with Crippen molar-refractivity contribution in [1.82, 2.24) is 0 Å². The van der Waals surface area contributed by atoms with Crippen molar-refractivity contribution in [2.24, 2.45) is 5.14 Å². The zero-order valence-corrected chi connectivity index (χ0v) is 9.09. The minimum absolute atomic E-state index is 0.0786. The molecule has 0 unspecified atom stereocenters. The number of primary sulfonamides is 1. The molecule has 86 valence electrons. The van der Waals surface area contributed by atoms with Crippen molar-refractivity contribution >= 4 is 10.0 Å². The highest BCUT2D eigenvalue weighted by Crippen LogP contribution is 2.13. The van der Waals surface area contributed by atoms with E-state index in [1.165, 1.54) is 6.07 Å². The molecule has 1 aromatic rings. The fraction of sp³-hybridized carbons (Fsp3) is 0.200. The van der Waals surface area contributed by atoms with Gasteiger partial charge in [-0.25, -0.2) is 17.9 Å². The lowest BCUT2D eigenvalue weighted by Crippen LogP contribution is -2.14. The Hall–Kier alpha value is -1.42. The zero-order valence-electron chi connectivity index (χ0n) is 8.27. The van der Waals surface area contributed by atoms with Gasteiger partial charge in [-0.2, -0.15) is 0 Å². The van der Waals surface area contributed by atoms with E-state index in [1.54, 1.807) is 0 Å². The van der Waals surface area contributed by atoms with Crippen molar-refractivity contribution in [3.05, 3.63) is 29.6 Å². The number of benzene rings is 1. The average molecular weight is 243 g/mol. The van der Waals surface area contributed by atoms with Crippen LogP contribution in [0, 0.1) is 17.7 Å². The predicted octanol–water partition coefficient (Wildman–Crippen LogP) is 0.207. The number of hydrogen-bond acceptors (Lipinski definition) is 3. The predicted molar refractivity (Wildman–Crippen MR) is 56.4 cm³/mol.